The molecule has 1 saturated carbocycles. The van der Waals surface area contributed by atoms with Gasteiger partial charge in [-0.15, -0.1) is 0 Å². The molecule has 0 bridgehead atoms. The fraction of sp³-hybridized carbons (Fsp3) is 0.185. The van der Waals surface area contributed by atoms with Gasteiger partial charge in [-0.1, -0.05) is 29.8 Å². The van der Waals surface area contributed by atoms with Crippen LogP contribution < -0.4 is 15.4 Å². The van der Waals surface area contributed by atoms with Crippen LogP contribution in [0.5, 0.6) is 11.5 Å². The normalized spacial score (nSPS) is 20.4. The molecule has 3 N–H and O–H groups in total. The van der Waals surface area contributed by atoms with E-state index in [9.17, 15) is 14.9 Å². The maximum atomic E-state index is 13.6. The Morgan fingerprint density at radius 3 is 2.75 bits per heavy atom. The summed E-state index contributed by atoms with van der Waals surface area (Å²) in [6.45, 7) is 0. The zero-order chi connectivity index (χ0) is 24.9. The van der Waals surface area contributed by atoms with Crippen LogP contribution in [-0.2, 0) is 4.79 Å². The van der Waals surface area contributed by atoms with Crippen molar-refractivity contribution in [2.45, 2.75) is 24.8 Å². The molecule has 1 amide bonds. The highest BCUT2D eigenvalue weighted by molar-refractivity contribution is 6.36. The molecule has 1 fully saturated rings. The van der Waals surface area contributed by atoms with E-state index in [0.717, 1.165) is 0 Å². The minimum Gasteiger partial charge on any atom is -0.457 e. The lowest BCUT2D eigenvalue weighted by atomic mass is 9.91. The molecule has 0 unspecified atom stereocenters. The maximum Gasteiger partial charge on any atom is 0.250 e. The summed E-state index contributed by atoms with van der Waals surface area (Å²) in [6.07, 6.45) is 4.72. The fourth-order valence-corrected chi connectivity index (χ4v) is 5.28. The third kappa shape index (κ3) is 3.56. The van der Waals surface area contributed by atoms with Crippen LogP contribution in [-0.4, -0.2) is 27.2 Å². The number of pyridine rings is 1. The first-order valence-corrected chi connectivity index (χ1v) is 11.9. The van der Waals surface area contributed by atoms with Crippen molar-refractivity contribution in [3.63, 3.8) is 0 Å². The monoisotopic (exact) mass is 497 g/mol. The second-order valence-electron chi connectivity index (χ2n) is 9.09. The van der Waals surface area contributed by atoms with Gasteiger partial charge in [0.15, 0.2) is 5.78 Å². The Morgan fingerprint density at radius 1 is 1.17 bits per heavy atom. The Balaban J connectivity index is 1.37. The Hall–Kier alpha value is -4.35. The van der Waals surface area contributed by atoms with Gasteiger partial charge in [-0.2, -0.15) is 5.26 Å². The largest absolute Gasteiger partial charge is 0.457 e. The number of carbonyl (C=O) groups is 2. The molecule has 6 rings (SSSR count). The van der Waals surface area contributed by atoms with Crippen molar-refractivity contribution in [2.24, 2.45) is 5.92 Å². The van der Waals surface area contributed by atoms with Crippen molar-refractivity contribution in [1.29, 1.82) is 5.26 Å². The molecule has 1 aliphatic heterocycles. The number of hydrogen-bond donors (Lipinski definition) is 3. The molecule has 1 aliphatic carbocycles. The van der Waals surface area contributed by atoms with E-state index in [-0.39, 0.29) is 22.6 Å². The van der Waals surface area contributed by atoms with Gasteiger partial charge < -0.3 is 20.4 Å². The lowest BCUT2D eigenvalue weighted by molar-refractivity contribution is -0.120. The smallest absolute Gasteiger partial charge is 0.250 e. The van der Waals surface area contributed by atoms with E-state index in [0.29, 0.717) is 64.3 Å². The number of anilines is 2. The first kappa shape index (κ1) is 22.1. The maximum absolute atomic E-state index is 13.6. The zero-order valence-corrected chi connectivity index (χ0v) is 19.7. The molecule has 1 spiro atoms. The summed E-state index contributed by atoms with van der Waals surface area (Å²) >= 11 is 6.52. The van der Waals surface area contributed by atoms with Crippen LogP contribution >= 0.6 is 11.6 Å². The molecule has 0 saturated heterocycles. The number of ether oxygens (including phenoxy) is 1. The summed E-state index contributed by atoms with van der Waals surface area (Å²) in [5.41, 5.74) is 1.41. The Bertz CT molecular complexity index is 1580. The summed E-state index contributed by atoms with van der Waals surface area (Å²) in [4.78, 5) is 34.0. The molecule has 178 valence electrons. The second kappa shape index (κ2) is 8.40. The number of nitriles is 1. The van der Waals surface area contributed by atoms with Gasteiger partial charge in [-0.3, -0.25) is 9.59 Å². The number of H-pyrrole nitrogens is 1. The van der Waals surface area contributed by atoms with Gasteiger partial charge in [0, 0.05) is 23.7 Å². The van der Waals surface area contributed by atoms with Crippen molar-refractivity contribution in [1.82, 2.24) is 9.97 Å². The average Bonchev–Trinajstić information content (AvgIpc) is 3.51. The fourth-order valence-electron chi connectivity index (χ4n) is 5.03. The number of aromatic amines is 1. The second-order valence-corrected chi connectivity index (χ2v) is 9.50. The van der Waals surface area contributed by atoms with Gasteiger partial charge >= 0.3 is 0 Å². The zero-order valence-electron chi connectivity index (χ0n) is 19.0. The van der Waals surface area contributed by atoms with Crippen LogP contribution in [0.3, 0.4) is 0 Å². The van der Waals surface area contributed by atoms with Crippen molar-refractivity contribution in [3.8, 4) is 17.6 Å². The van der Waals surface area contributed by atoms with Crippen LogP contribution in [0.25, 0.3) is 11.0 Å². The molecule has 36 heavy (non-hydrogen) atoms. The standard InChI is InChI=1S/C27H20ClN5O3/c28-20-10-17(36-16-4-2-1-3-5-16)6-7-18(20)24(34)19-13-30-25-22(19)23-21(14-31-25)32-26(35)27(33-23)9-8-15(11-27)12-29/h1-7,10,13-15,33H,8-9,11H2,(H,30,31)(H,32,35)/t15-,27-/m1/s1. The first-order chi connectivity index (χ1) is 17.5. The van der Waals surface area contributed by atoms with Crippen LogP contribution in [0.15, 0.2) is 60.9 Å². The predicted octanol–water partition coefficient (Wildman–Crippen LogP) is 5.67. The molecule has 4 aromatic rings. The van der Waals surface area contributed by atoms with E-state index in [1.54, 1.807) is 30.6 Å². The molecule has 9 heteroatoms. The van der Waals surface area contributed by atoms with E-state index in [4.69, 9.17) is 16.3 Å². The molecule has 3 heterocycles. The number of ketones is 1. The van der Waals surface area contributed by atoms with Crippen molar-refractivity contribution in [2.75, 3.05) is 10.6 Å². The van der Waals surface area contributed by atoms with Gasteiger partial charge in [0.25, 0.3) is 0 Å². The number of amides is 1. The van der Waals surface area contributed by atoms with Gasteiger partial charge in [0.1, 0.15) is 22.7 Å². The predicted molar refractivity (Wildman–Crippen MR) is 135 cm³/mol. The third-order valence-corrected chi connectivity index (χ3v) is 7.17. The number of hydrogen-bond acceptors (Lipinski definition) is 6. The summed E-state index contributed by atoms with van der Waals surface area (Å²) in [5.74, 6) is 0.496. The van der Waals surface area contributed by atoms with Gasteiger partial charge in [0.2, 0.25) is 5.91 Å². The van der Waals surface area contributed by atoms with E-state index >= 15 is 0 Å². The summed E-state index contributed by atoms with van der Waals surface area (Å²) in [6, 6.07) is 16.5. The quantitative estimate of drug-likeness (QED) is 0.313. The molecule has 2 aromatic heterocycles. The highest BCUT2D eigenvalue weighted by atomic mass is 35.5. The average molecular weight is 498 g/mol. The molecular formula is C27H20ClN5O3. The molecule has 2 aromatic carbocycles. The number of aromatic nitrogens is 2. The van der Waals surface area contributed by atoms with Crippen molar-refractivity contribution >= 4 is 45.7 Å². The summed E-state index contributed by atoms with van der Waals surface area (Å²) in [5, 5.41) is 16.5. The Labute approximate surface area is 211 Å². The summed E-state index contributed by atoms with van der Waals surface area (Å²) in [7, 11) is 0. The SMILES string of the molecule is N#C[C@@H]1CC[C@]2(C1)Nc1c(cnc3[nH]cc(C(=O)c4ccc(Oc5ccccc5)cc4Cl)c13)NC2=O. The lowest BCUT2D eigenvalue weighted by Gasteiger charge is -2.36. The van der Waals surface area contributed by atoms with Crippen LogP contribution in [0, 0.1) is 17.2 Å². The van der Waals surface area contributed by atoms with Crippen LogP contribution in [0.4, 0.5) is 11.4 Å². The summed E-state index contributed by atoms with van der Waals surface area (Å²) < 4.78 is 5.83. The number of para-hydroxylation sites is 1. The number of fused-ring (bicyclic) bond motifs is 3. The first-order valence-electron chi connectivity index (χ1n) is 11.5. The van der Waals surface area contributed by atoms with Gasteiger partial charge in [-0.05, 0) is 43.5 Å². The number of rotatable bonds is 4. The Kier molecular flexibility index (Phi) is 5.16. The minimum absolute atomic E-state index is 0.186. The third-order valence-electron chi connectivity index (χ3n) is 6.85. The minimum atomic E-state index is -0.895. The molecule has 0 radical (unpaired) electrons. The number of benzene rings is 2. The molecule has 8 nitrogen and oxygen atoms in total. The lowest BCUT2D eigenvalue weighted by Crippen LogP contribution is -2.50. The van der Waals surface area contributed by atoms with Crippen LogP contribution in [0.1, 0.15) is 35.2 Å². The van der Waals surface area contributed by atoms with E-state index in [1.165, 1.54) is 0 Å². The molecule has 2 atom stereocenters. The molecular weight excluding hydrogens is 478 g/mol. The topological polar surface area (TPSA) is 120 Å². The van der Waals surface area contributed by atoms with Gasteiger partial charge in [-0.25, -0.2) is 4.98 Å². The number of halogens is 1. The number of nitrogens with one attached hydrogen (secondary N) is 3. The van der Waals surface area contributed by atoms with Crippen LogP contribution in [0.2, 0.25) is 5.02 Å². The van der Waals surface area contributed by atoms with E-state index in [1.807, 2.05) is 30.3 Å². The van der Waals surface area contributed by atoms with E-state index in [2.05, 4.69) is 26.7 Å². The van der Waals surface area contributed by atoms with E-state index < -0.39 is 5.54 Å². The highest BCUT2D eigenvalue weighted by Crippen LogP contribution is 2.45. The Morgan fingerprint density at radius 2 is 2.00 bits per heavy atom. The highest BCUT2D eigenvalue weighted by Gasteiger charge is 2.48. The molecule has 2 aliphatic rings. The van der Waals surface area contributed by atoms with Gasteiger partial charge in [0.05, 0.1) is 39.6 Å². The van der Waals surface area contributed by atoms with Crippen molar-refractivity contribution in [3.05, 3.63) is 77.1 Å². The number of nitrogens with zero attached hydrogens (tertiary/aromatic N) is 2. The van der Waals surface area contributed by atoms with Crippen molar-refractivity contribution < 1.29 is 14.3 Å². The number of carbonyl (C=O) groups excluding carboxylic acids is 2.